The van der Waals surface area contributed by atoms with Crippen LogP contribution in [0.4, 0.5) is 0 Å². The Morgan fingerprint density at radius 3 is 2.67 bits per heavy atom. The first-order valence-corrected chi connectivity index (χ1v) is 10.7. The van der Waals surface area contributed by atoms with Gasteiger partial charge in [-0.15, -0.1) is 16.8 Å². The van der Waals surface area contributed by atoms with Crippen LogP contribution in [0.15, 0.2) is 36.4 Å². The summed E-state index contributed by atoms with van der Waals surface area (Å²) in [7, 11) is 0. The molecule has 0 N–H and O–H groups in total. The molecule has 0 radical (unpaired) electrons. The molecule has 2 heterocycles. The highest BCUT2D eigenvalue weighted by molar-refractivity contribution is 7.15. The van der Waals surface area contributed by atoms with Crippen LogP contribution in [0.5, 0.6) is 0 Å². The van der Waals surface area contributed by atoms with E-state index in [4.69, 9.17) is 5.10 Å². The van der Waals surface area contributed by atoms with E-state index in [1.165, 1.54) is 16.8 Å². The molecule has 5 heteroatoms. The Labute approximate surface area is 166 Å². The summed E-state index contributed by atoms with van der Waals surface area (Å²) in [5, 5.41) is 15.5. The molecule has 4 nitrogen and oxygen atoms in total. The minimum atomic E-state index is 0.479. The summed E-state index contributed by atoms with van der Waals surface area (Å²) >= 11 is 1.63. The molecule has 0 amide bonds. The minimum absolute atomic E-state index is 0.479. The molecule has 0 spiro atoms. The highest BCUT2D eigenvalue weighted by Crippen LogP contribution is 2.37. The molecule has 2 unspecified atom stereocenters. The molecule has 2 aromatic heterocycles. The lowest BCUT2D eigenvalue weighted by Crippen LogP contribution is -2.14. The molecular formula is C22H30N4S. The van der Waals surface area contributed by atoms with Crippen LogP contribution in [0.3, 0.4) is 0 Å². The van der Waals surface area contributed by atoms with E-state index < -0.39 is 0 Å². The van der Waals surface area contributed by atoms with Crippen molar-refractivity contribution in [2.45, 2.75) is 54.0 Å². The van der Waals surface area contributed by atoms with Gasteiger partial charge in [-0.3, -0.25) is 4.68 Å². The largest absolute Gasteiger partial charge is 0.269 e. The number of nitrogens with zero attached hydrogens (tertiary/aromatic N) is 4. The SMILES string of the molecule is C=CCC1C(C)=CC(c2nnc(-c3cc(CC(C)C)n(CC)n3)s2)=CC1C. The Kier molecular flexibility index (Phi) is 6.10. The van der Waals surface area contributed by atoms with Gasteiger partial charge >= 0.3 is 0 Å². The third-order valence-corrected chi connectivity index (χ3v) is 6.13. The lowest BCUT2D eigenvalue weighted by molar-refractivity contribution is 0.487. The van der Waals surface area contributed by atoms with Crippen LogP contribution in [0.1, 0.15) is 51.7 Å². The predicted octanol–water partition coefficient (Wildman–Crippen LogP) is 5.79. The number of allylic oxidation sites excluding steroid dienone is 5. The zero-order valence-corrected chi connectivity index (χ0v) is 17.9. The van der Waals surface area contributed by atoms with Gasteiger partial charge < -0.3 is 0 Å². The van der Waals surface area contributed by atoms with Crippen molar-refractivity contribution in [1.82, 2.24) is 20.0 Å². The van der Waals surface area contributed by atoms with Crippen LogP contribution in [0.25, 0.3) is 16.3 Å². The van der Waals surface area contributed by atoms with Crippen LogP contribution < -0.4 is 0 Å². The van der Waals surface area contributed by atoms with Crippen molar-refractivity contribution < 1.29 is 0 Å². The fourth-order valence-corrected chi connectivity index (χ4v) is 4.58. The zero-order chi connectivity index (χ0) is 19.6. The molecule has 1 aliphatic carbocycles. The van der Waals surface area contributed by atoms with Crippen molar-refractivity contribution in [3.8, 4) is 10.7 Å². The molecule has 0 bridgehead atoms. The van der Waals surface area contributed by atoms with Crippen molar-refractivity contribution in [2.24, 2.45) is 17.8 Å². The molecule has 0 saturated carbocycles. The molecule has 1 aliphatic rings. The van der Waals surface area contributed by atoms with E-state index in [1.807, 2.05) is 6.08 Å². The van der Waals surface area contributed by atoms with Crippen LogP contribution in [0, 0.1) is 17.8 Å². The maximum Gasteiger partial charge on any atom is 0.168 e. The predicted molar refractivity (Wildman–Crippen MR) is 115 cm³/mol. The summed E-state index contributed by atoms with van der Waals surface area (Å²) < 4.78 is 2.09. The molecule has 144 valence electrons. The quantitative estimate of drug-likeness (QED) is 0.569. The standard InChI is InChI=1S/C22H30N4S/c1-7-9-19-15(5)11-17(12-16(19)6)21-23-24-22(27-21)20-13-18(10-14(3)4)26(8-2)25-20/h7,11-15,19H,1,8-10H2,2-6H3. The number of hydrogen-bond acceptors (Lipinski definition) is 4. The Bertz CT molecular complexity index is 869. The molecule has 2 atom stereocenters. The Hall–Kier alpha value is -2.01. The summed E-state index contributed by atoms with van der Waals surface area (Å²) in [6, 6.07) is 2.17. The lowest BCUT2D eigenvalue weighted by Gasteiger charge is -2.26. The molecule has 0 fully saturated rings. The fraction of sp³-hybridized carbons (Fsp3) is 0.500. The topological polar surface area (TPSA) is 43.6 Å². The maximum absolute atomic E-state index is 4.76. The molecular weight excluding hydrogens is 352 g/mol. The first-order chi connectivity index (χ1) is 12.9. The van der Waals surface area contributed by atoms with Gasteiger partial charge in [0.05, 0.1) is 0 Å². The Morgan fingerprint density at radius 1 is 1.30 bits per heavy atom. The van der Waals surface area contributed by atoms with Crippen LogP contribution >= 0.6 is 11.3 Å². The van der Waals surface area contributed by atoms with Gasteiger partial charge in [0.25, 0.3) is 0 Å². The Morgan fingerprint density at radius 2 is 2.04 bits per heavy atom. The summed E-state index contributed by atoms with van der Waals surface area (Å²) in [5.74, 6) is 1.63. The normalized spacial score (nSPS) is 19.9. The average molecular weight is 383 g/mol. The van der Waals surface area contributed by atoms with Crippen molar-refractivity contribution in [3.63, 3.8) is 0 Å². The third kappa shape index (κ3) is 4.29. The number of rotatable bonds is 7. The molecule has 27 heavy (non-hydrogen) atoms. The summed E-state index contributed by atoms with van der Waals surface area (Å²) in [5.41, 5.74) is 4.78. The van der Waals surface area contributed by atoms with E-state index >= 15 is 0 Å². The second-order valence-electron chi connectivity index (χ2n) is 7.85. The summed E-state index contributed by atoms with van der Waals surface area (Å²) in [6.07, 6.45) is 8.64. The van der Waals surface area contributed by atoms with E-state index in [-0.39, 0.29) is 0 Å². The van der Waals surface area contributed by atoms with Gasteiger partial charge in [0.1, 0.15) is 10.7 Å². The van der Waals surface area contributed by atoms with E-state index in [0.717, 1.165) is 35.1 Å². The van der Waals surface area contributed by atoms with E-state index in [1.54, 1.807) is 11.3 Å². The van der Waals surface area contributed by atoms with Crippen molar-refractivity contribution in [3.05, 3.63) is 47.1 Å². The zero-order valence-electron chi connectivity index (χ0n) is 17.1. The van der Waals surface area contributed by atoms with Crippen molar-refractivity contribution in [2.75, 3.05) is 0 Å². The number of aryl methyl sites for hydroxylation is 1. The first kappa shape index (κ1) is 19.7. The lowest BCUT2D eigenvalue weighted by atomic mass is 9.80. The Balaban J connectivity index is 1.87. The van der Waals surface area contributed by atoms with Gasteiger partial charge in [0.2, 0.25) is 0 Å². The monoisotopic (exact) mass is 382 g/mol. The van der Waals surface area contributed by atoms with Gasteiger partial charge in [-0.05, 0) is 50.5 Å². The minimum Gasteiger partial charge on any atom is -0.269 e. The number of hydrogen-bond donors (Lipinski definition) is 0. The van der Waals surface area contributed by atoms with Crippen molar-refractivity contribution in [1.29, 1.82) is 0 Å². The average Bonchev–Trinajstić information content (AvgIpc) is 3.24. The second kappa shape index (κ2) is 8.34. The summed E-state index contributed by atoms with van der Waals surface area (Å²) in [4.78, 5) is 0. The van der Waals surface area contributed by atoms with Gasteiger partial charge in [-0.2, -0.15) is 5.10 Å². The second-order valence-corrected chi connectivity index (χ2v) is 8.82. The van der Waals surface area contributed by atoms with E-state index in [9.17, 15) is 0 Å². The van der Waals surface area contributed by atoms with E-state index in [2.05, 4.69) is 74.3 Å². The van der Waals surface area contributed by atoms with Crippen molar-refractivity contribution >= 4 is 16.9 Å². The third-order valence-electron chi connectivity index (χ3n) is 5.14. The molecule has 2 aromatic rings. The van der Waals surface area contributed by atoms with Gasteiger partial charge in [0.15, 0.2) is 5.01 Å². The van der Waals surface area contributed by atoms with Crippen LogP contribution in [0.2, 0.25) is 0 Å². The number of aromatic nitrogens is 4. The fourth-order valence-electron chi connectivity index (χ4n) is 3.79. The highest BCUT2D eigenvalue weighted by atomic mass is 32.1. The molecule has 0 aromatic carbocycles. The maximum atomic E-state index is 4.76. The smallest absolute Gasteiger partial charge is 0.168 e. The van der Waals surface area contributed by atoms with Gasteiger partial charge in [-0.25, -0.2) is 0 Å². The molecule has 3 rings (SSSR count). The molecule has 0 aliphatic heterocycles. The first-order valence-electron chi connectivity index (χ1n) is 9.84. The van der Waals surface area contributed by atoms with Gasteiger partial charge in [0, 0.05) is 17.8 Å². The molecule has 0 saturated heterocycles. The van der Waals surface area contributed by atoms with Crippen LogP contribution in [-0.4, -0.2) is 20.0 Å². The summed E-state index contributed by atoms with van der Waals surface area (Å²) in [6.45, 7) is 15.9. The van der Waals surface area contributed by atoms with Gasteiger partial charge in [-0.1, -0.05) is 55.9 Å². The van der Waals surface area contributed by atoms with Crippen LogP contribution in [-0.2, 0) is 13.0 Å². The highest BCUT2D eigenvalue weighted by Gasteiger charge is 2.23. The van der Waals surface area contributed by atoms with E-state index in [0.29, 0.717) is 17.8 Å².